The summed E-state index contributed by atoms with van der Waals surface area (Å²) in [6.45, 7) is 3.02. The number of aliphatic carboxylic acids is 1. The number of nitrogens with zero attached hydrogens (tertiary/aromatic N) is 2. The first kappa shape index (κ1) is 24.0. The van der Waals surface area contributed by atoms with Crippen molar-refractivity contribution >= 4 is 29.7 Å². The van der Waals surface area contributed by atoms with Crippen molar-refractivity contribution in [3.63, 3.8) is 0 Å². The van der Waals surface area contributed by atoms with Crippen LogP contribution in [0.3, 0.4) is 0 Å². The molecule has 2 aromatic carbocycles. The van der Waals surface area contributed by atoms with Gasteiger partial charge in [0.2, 0.25) is 0 Å². The third-order valence-electron chi connectivity index (χ3n) is 4.81. The van der Waals surface area contributed by atoms with Gasteiger partial charge in [0.15, 0.2) is 11.5 Å². The van der Waals surface area contributed by atoms with Crippen LogP contribution >= 0.6 is 0 Å². The number of nitro groups is 1. The fourth-order valence-corrected chi connectivity index (χ4v) is 3.32. The van der Waals surface area contributed by atoms with Gasteiger partial charge in [0, 0.05) is 17.7 Å². The van der Waals surface area contributed by atoms with Crippen molar-refractivity contribution in [1.82, 2.24) is 10.2 Å². The van der Waals surface area contributed by atoms with Gasteiger partial charge in [0.25, 0.3) is 11.6 Å². The largest absolute Gasteiger partial charge is 0.493 e. The van der Waals surface area contributed by atoms with Crippen LogP contribution in [0.25, 0.3) is 6.08 Å². The maximum Gasteiger partial charge on any atom is 0.329 e. The standard InChI is InChI=1S/C23H21N3O8/c1-3-5-16-8-15(10-18-22(29)25(12-20(27)28)23(30)24-18)11-19(33-2)21(16)34-13-14-6-4-7-17(9-14)26(31)32/h3-4,6-11H,1,5,12-13H2,2H3,(H,24,30)(H,27,28)/b18-10+. The van der Waals surface area contributed by atoms with Gasteiger partial charge < -0.3 is 19.9 Å². The van der Waals surface area contributed by atoms with E-state index in [2.05, 4.69) is 11.9 Å². The third-order valence-corrected chi connectivity index (χ3v) is 4.81. The summed E-state index contributed by atoms with van der Waals surface area (Å²) in [4.78, 5) is 46.4. The molecule has 0 saturated carbocycles. The number of methoxy groups -OCH3 is 1. The molecule has 1 heterocycles. The number of urea groups is 1. The number of non-ortho nitro benzene ring substituents is 1. The highest BCUT2D eigenvalue weighted by atomic mass is 16.6. The smallest absolute Gasteiger partial charge is 0.329 e. The lowest BCUT2D eigenvalue weighted by Gasteiger charge is -2.16. The SMILES string of the molecule is C=CCc1cc(/C=C2/NC(=O)N(CC(=O)O)C2=O)cc(OC)c1OCc1cccc([N+](=O)[O-])c1. The van der Waals surface area contributed by atoms with Crippen molar-refractivity contribution in [3.05, 3.63) is 81.6 Å². The Morgan fingerprint density at radius 3 is 2.71 bits per heavy atom. The summed E-state index contributed by atoms with van der Waals surface area (Å²) < 4.78 is 11.4. The van der Waals surface area contributed by atoms with Gasteiger partial charge in [-0.2, -0.15) is 0 Å². The number of benzene rings is 2. The van der Waals surface area contributed by atoms with Crippen LogP contribution in [0.2, 0.25) is 0 Å². The predicted molar refractivity (Wildman–Crippen MR) is 120 cm³/mol. The summed E-state index contributed by atoms with van der Waals surface area (Å²) in [5.74, 6) is -1.35. The van der Waals surface area contributed by atoms with Crippen LogP contribution in [0.5, 0.6) is 11.5 Å². The second-order valence-corrected chi connectivity index (χ2v) is 7.19. The molecule has 11 nitrogen and oxygen atoms in total. The number of carbonyl (C=O) groups is 3. The predicted octanol–water partition coefficient (Wildman–Crippen LogP) is 2.89. The highest BCUT2D eigenvalue weighted by Crippen LogP contribution is 2.35. The molecule has 0 aromatic heterocycles. The number of carboxylic acids is 1. The Labute approximate surface area is 194 Å². The molecule has 3 amide bonds. The number of nitro benzene ring substituents is 1. The summed E-state index contributed by atoms with van der Waals surface area (Å²) >= 11 is 0. The van der Waals surface area contributed by atoms with E-state index in [9.17, 15) is 24.5 Å². The normalized spacial score (nSPS) is 14.1. The summed E-state index contributed by atoms with van der Waals surface area (Å²) in [5.41, 5.74) is 1.61. The lowest BCUT2D eigenvalue weighted by molar-refractivity contribution is -0.384. The molecule has 0 aliphatic carbocycles. The molecular weight excluding hydrogens is 446 g/mol. The molecule has 1 saturated heterocycles. The van der Waals surface area contributed by atoms with Crippen molar-refractivity contribution in [2.75, 3.05) is 13.7 Å². The number of ether oxygens (including phenoxy) is 2. The molecule has 2 N–H and O–H groups in total. The van der Waals surface area contributed by atoms with Crippen molar-refractivity contribution in [2.45, 2.75) is 13.0 Å². The topological polar surface area (TPSA) is 148 Å². The minimum atomic E-state index is -1.31. The number of nitrogens with one attached hydrogen (secondary N) is 1. The van der Waals surface area contributed by atoms with E-state index in [0.29, 0.717) is 39.5 Å². The maximum atomic E-state index is 12.4. The van der Waals surface area contributed by atoms with E-state index >= 15 is 0 Å². The molecule has 3 rings (SSSR count). The second-order valence-electron chi connectivity index (χ2n) is 7.19. The van der Waals surface area contributed by atoms with Gasteiger partial charge in [-0.25, -0.2) is 9.69 Å². The molecule has 176 valence electrons. The van der Waals surface area contributed by atoms with Crippen LogP contribution < -0.4 is 14.8 Å². The van der Waals surface area contributed by atoms with Crippen LogP contribution in [0, 0.1) is 10.1 Å². The Kier molecular flexibility index (Phi) is 7.26. The van der Waals surface area contributed by atoms with Crippen molar-refractivity contribution < 1.29 is 33.9 Å². The van der Waals surface area contributed by atoms with Crippen molar-refractivity contribution in [1.29, 1.82) is 0 Å². The first-order chi connectivity index (χ1) is 16.2. The number of carboxylic acid groups (broad SMARTS) is 1. The van der Waals surface area contributed by atoms with Crippen LogP contribution in [0.1, 0.15) is 16.7 Å². The molecule has 1 aliphatic heterocycles. The van der Waals surface area contributed by atoms with Gasteiger partial charge in [-0.15, -0.1) is 6.58 Å². The first-order valence-electron chi connectivity index (χ1n) is 9.97. The Morgan fingerprint density at radius 2 is 2.06 bits per heavy atom. The number of carbonyl (C=O) groups excluding carboxylic acids is 2. The van der Waals surface area contributed by atoms with Crippen LogP contribution in [0.4, 0.5) is 10.5 Å². The summed E-state index contributed by atoms with van der Waals surface area (Å²) in [6, 6.07) is 8.53. The summed E-state index contributed by atoms with van der Waals surface area (Å²) in [6.07, 6.45) is 3.42. The van der Waals surface area contributed by atoms with E-state index in [-0.39, 0.29) is 18.0 Å². The molecule has 0 atom stereocenters. The molecule has 2 aromatic rings. The number of allylic oxidation sites excluding steroid dienone is 1. The molecule has 11 heteroatoms. The summed E-state index contributed by atoms with van der Waals surface area (Å²) in [7, 11) is 1.43. The number of imide groups is 1. The van der Waals surface area contributed by atoms with Crippen molar-refractivity contribution in [3.8, 4) is 11.5 Å². The van der Waals surface area contributed by atoms with Gasteiger partial charge in [-0.3, -0.25) is 19.7 Å². The van der Waals surface area contributed by atoms with Gasteiger partial charge in [-0.05, 0) is 35.8 Å². The zero-order valence-corrected chi connectivity index (χ0v) is 18.1. The average molecular weight is 467 g/mol. The third kappa shape index (κ3) is 5.38. The lowest BCUT2D eigenvalue weighted by atomic mass is 10.0. The Hall–Kier alpha value is -4.67. The van der Waals surface area contributed by atoms with Gasteiger partial charge in [-0.1, -0.05) is 18.2 Å². The highest BCUT2D eigenvalue weighted by molar-refractivity contribution is 6.15. The number of hydrogen-bond donors (Lipinski definition) is 2. The number of hydrogen-bond acceptors (Lipinski definition) is 7. The van der Waals surface area contributed by atoms with Gasteiger partial charge in [0.05, 0.1) is 12.0 Å². The van der Waals surface area contributed by atoms with E-state index in [4.69, 9.17) is 14.6 Å². The molecule has 1 fully saturated rings. The van der Waals surface area contributed by atoms with Crippen LogP contribution in [0.15, 0.2) is 54.8 Å². The summed E-state index contributed by atoms with van der Waals surface area (Å²) in [5, 5.41) is 22.3. The molecule has 0 spiro atoms. The molecule has 0 bridgehead atoms. The minimum absolute atomic E-state index is 0.0430. The van der Waals surface area contributed by atoms with Gasteiger partial charge in [0.1, 0.15) is 18.8 Å². The molecule has 0 unspecified atom stereocenters. The van der Waals surface area contributed by atoms with E-state index in [1.807, 2.05) is 0 Å². The Bertz CT molecular complexity index is 1200. The molecule has 34 heavy (non-hydrogen) atoms. The number of rotatable bonds is 10. The fraction of sp³-hybridized carbons (Fsp3) is 0.174. The lowest BCUT2D eigenvalue weighted by Crippen LogP contribution is -2.35. The first-order valence-corrected chi connectivity index (χ1v) is 9.97. The molecular formula is C23H21N3O8. The highest BCUT2D eigenvalue weighted by Gasteiger charge is 2.35. The zero-order chi connectivity index (χ0) is 24.8. The molecule has 0 radical (unpaired) electrons. The van der Waals surface area contributed by atoms with E-state index < -0.39 is 29.4 Å². The van der Waals surface area contributed by atoms with Crippen LogP contribution in [-0.4, -0.2) is 46.5 Å². The van der Waals surface area contributed by atoms with E-state index in [0.717, 1.165) is 0 Å². The molecule has 1 aliphatic rings. The van der Waals surface area contributed by atoms with Crippen molar-refractivity contribution in [2.24, 2.45) is 0 Å². The van der Waals surface area contributed by atoms with E-state index in [1.54, 1.807) is 30.3 Å². The van der Waals surface area contributed by atoms with Gasteiger partial charge >= 0.3 is 12.0 Å². The monoisotopic (exact) mass is 467 g/mol. The Morgan fingerprint density at radius 1 is 1.29 bits per heavy atom. The van der Waals surface area contributed by atoms with E-state index in [1.165, 1.54) is 25.3 Å². The van der Waals surface area contributed by atoms with Crippen LogP contribution in [-0.2, 0) is 22.6 Å². The fourth-order valence-electron chi connectivity index (χ4n) is 3.32. The zero-order valence-electron chi connectivity index (χ0n) is 18.1. The maximum absolute atomic E-state index is 12.4. The second kappa shape index (κ2) is 10.3. The Balaban J connectivity index is 1.91. The quantitative estimate of drug-likeness (QED) is 0.178. The average Bonchev–Trinajstić information content (AvgIpc) is 3.05. The minimum Gasteiger partial charge on any atom is -0.493 e. The number of amides is 3.